The van der Waals surface area contributed by atoms with Crippen LogP contribution in [0.5, 0.6) is 0 Å². The van der Waals surface area contributed by atoms with Crippen molar-refractivity contribution < 1.29 is 13.2 Å². The molecule has 0 spiro atoms. The Morgan fingerprint density at radius 3 is 2.63 bits per heavy atom. The number of nitrogens with zero attached hydrogens (tertiary/aromatic N) is 1. The minimum Gasteiger partial charge on any atom is -0.337 e. The highest BCUT2D eigenvalue weighted by molar-refractivity contribution is 9.11. The lowest BCUT2D eigenvalue weighted by Crippen LogP contribution is -2.27. The number of nitrogens with one attached hydrogen (secondary N) is 1. The zero-order valence-electron chi connectivity index (χ0n) is 14.4. The van der Waals surface area contributed by atoms with Crippen molar-refractivity contribution in [1.29, 1.82) is 0 Å². The van der Waals surface area contributed by atoms with E-state index in [2.05, 4.69) is 20.7 Å². The van der Waals surface area contributed by atoms with Gasteiger partial charge in [0.15, 0.2) is 0 Å². The van der Waals surface area contributed by atoms with Crippen molar-refractivity contribution >= 4 is 54.5 Å². The molecular weight excluding hydrogens is 468 g/mol. The number of halogens is 1. The summed E-state index contributed by atoms with van der Waals surface area (Å²) in [5.41, 5.74) is 0.340. The summed E-state index contributed by atoms with van der Waals surface area (Å²) in [7, 11) is -1.99. The topological polar surface area (TPSA) is 66.5 Å². The first-order valence-corrected chi connectivity index (χ1v) is 11.9. The molecule has 2 heterocycles. The molecule has 0 fully saturated rings. The molecular formula is C18H17BrN2O3S3. The number of hydrogen-bond donors (Lipinski definition) is 1. The Bertz CT molecular complexity index is 1030. The molecule has 9 heteroatoms. The summed E-state index contributed by atoms with van der Waals surface area (Å²) in [5, 5.41) is 1.89. The molecule has 1 amide bonds. The van der Waals surface area contributed by atoms with Crippen molar-refractivity contribution in [2.45, 2.75) is 18.0 Å². The number of thiophene rings is 2. The summed E-state index contributed by atoms with van der Waals surface area (Å²) >= 11 is 6.45. The number of hydrogen-bond acceptors (Lipinski definition) is 5. The van der Waals surface area contributed by atoms with Crippen molar-refractivity contribution in [1.82, 2.24) is 9.62 Å². The zero-order chi connectivity index (χ0) is 19.4. The second-order valence-corrected chi connectivity index (χ2v) is 11.1. The van der Waals surface area contributed by atoms with Crippen molar-refractivity contribution in [2.75, 3.05) is 7.05 Å². The van der Waals surface area contributed by atoms with Gasteiger partial charge in [0, 0.05) is 28.9 Å². The van der Waals surface area contributed by atoms with Gasteiger partial charge < -0.3 is 4.90 Å². The van der Waals surface area contributed by atoms with E-state index in [1.165, 1.54) is 23.5 Å². The smallest absolute Gasteiger partial charge is 0.253 e. The van der Waals surface area contributed by atoms with Gasteiger partial charge in [0.1, 0.15) is 0 Å². The molecule has 27 heavy (non-hydrogen) atoms. The second kappa shape index (κ2) is 8.66. The SMILES string of the molecule is CN(Cc1ccc(Br)s1)C(=O)c1cccc(S(=O)(=O)NCc2cccs2)c1. The molecule has 1 N–H and O–H groups in total. The van der Waals surface area contributed by atoms with Gasteiger partial charge >= 0.3 is 0 Å². The first-order valence-electron chi connectivity index (χ1n) is 7.97. The molecule has 0 saturated heterocycles. The highest BCUT2D eigenvalue weighted by Gasteiger charge is 2.18. The molecule has 0 unspecified atom stereocenters. The monoisotopic (exact) mass is 484 g/mol. The lowest BCUT2D eigenvalue weighted by Gasteiger charge is -2.17. The quantitative estimate of drug-likeness (QED) is 0.542. The van der Waals surface area contributed by atoms with E-state index in [4.69, 9.17) is 0 Å². The molecule has 0 radical (unpaired) electrons. The zero-order valence-corrected chi connectivity index (χ0v) is 18.4. The third-order valence-electron chi connectivity index (χ3n) is 3.78. The van der Waals surface area contributed by atoms with Crippen LogP contribution < -0.4 is 4.72 Å². The van der Waals surface area contributed by atoms with Crippen LogP contribution in [0, 0.1) is 0 Å². The Morgan fingerprint density at radius 1 is 1.15 bits per heavy atom. The fraction of sp³-hybridized carbons (Fsp3) is 0.167. The van der Waals surface area contributed by atoms with Crippen LogP contribution in [-0.2, 0) is 23.1 Å². The van der Waals surface area contributed by atoms with Gasteiger partial charge in [0.05, 0.1) is 15.2 Å². The van der Waals surface area contributed by atoms with Crippen molar-refractivity contribution in [2.24, 2.45) is 0 Å². The molecule has 0 atom stereocenters. The number of rotatable bonds is 7. The Hall–Kier alpha value is -1.52. The summed E-state index contributed by atoms with van der Waals surface area (Å²) in [6, 6.07) is 13.7. The van der Waals surface area contributed by atoms with Crippen LogP contribution in [0.2, 0.25) is 0 Å². The van der Waals surface area contributed by atoms with Gasteiger partial charge in [-0.3, -0.25) is 4.79 Å². The van der Waals surface area contributed by atoms with Crippen LogP contribution >= 0.6 is 38.6 Å². The maximum absolute atomic E-state index is 12.7. The summed E-state index contributed by atoms with van der Waals surface area (Å²) in [6.07, 6.45) is 0. The van der Waals surface area contributed by atoms with Gasteiger partial charge in [-0.2, -0.15) is 0 Å². The number of amides is 1. The van der Waals surface area contributed by atoms with Crippen molar-refractivity contribution in [3.63, 3.8) is 0 Å². The largest absolute Gasteiger partial charge is 0.337 e. The number of sulfonamides is 1. The molecule has 0 aliphatic heterocycles. The Morgan fingerprint density at radius 2 is 1.96 bits per heavy atom. The van der Waals surface area contributed by atoms with E-state index < -0.39 is 10.0 Å². The molecule has 3 aromatic rings. The summed E-state index contributed by atoms with van der Waals surface area (Å²) < 4.78 is 28.6. The Balaban J connectivity index is 1.72. The predicted octanol–water partition coefficient (Wildman–Crippen LogP) is 4.32. The molecule has 2 aromatic heterocycles. The van der Waals surface area contributed by atoms with Crippen LogP contribution in [0.4, 0.5) is 0 Å². The lowest BCUT2D eigenvalue weighted by atomic mass is 10.2. The molecule has 0 aliphatic rings. The molecule has 0 bridgehead atoms. The van der Waals surface area contributed by atoms with E-state index >= 15 is 0 Å². The molecule has 1 aromatic carbocycles. The van der Waals surface area contributed by atoms with E-state index in [1.54, 1.807) is 35.4 Å². The molecule has 0 saturated carbocycles. The lowest BCUT2D eigenvalue weighted by molar-refractivity contribution is 0.0786. The van der Waals surface area contributed by atoms with E-state index in [0.29, 0.717) is 12.1 Å². The molecule has 5 nitrogen and oxygen atoms in total. The van der Waals surface area contributed by atoms with E-state index in [0.717, 1.165) is 13.5 Å². The third kappa shape index (κ3) is 5.26. The highest BCUT2D eigenvalue weighted by atomic mass is 79.9. The van der Waals surface area contributed by atoms with Gasteiger partial charge in [-0.1, -0.05) is 12.1 Å². The number of carbonyl (C=O) groups is 1. The van der Waals surface area contributed by atoms with Gasteiger partial charge in [0.2, 0.25) is 10.0 Å². The van der Waals surface area contributed by atoms with E-state index in [9.17, 15) is 13.2 Å². The van der Waals surface area contributed by atoms with Crippen LogP contribution in [0.3, 0.4) is 0 Å². The third-order valence-corrected chi connectivity index (χ3v) is 7.66. The first kappa shape index (κ1) is 20.2. The average Bonchev–Trinajstić information content (AvgIpc) is 3.31. The fourth-order valence-corrected chi connectivity index (χ4v) is 5.75. The molecule has 3 rings (SSSR count). The predicted molar refractivity (Wildman–Crippen MR) is 113 cm³/mol. The van der Waals surface area contributed by atoms with Crippen molar-refractivity contribution in [3.8, 4) is 0 Å². The van der Waals surface area contributed by atoms with Crippen LogP contribution in [0.25, 0.3) is 0 Å². The van der Waals surface area contributed by atoms with Crippen LogP contribution in [0.1, 0.15) is 20.1 Å². The van der Waals surface area contributed by atoms with Crippen LogP contribution in [-0.4, -0.2) is 26.3 Å². The van der Waals surface area contributed by atoms with Gasteiger partial charge in [-0.05, 0) is 57.7 Å². The second-order valence-electron chi connectivity index (χ2n) is 5.80. The van der Waals surface area contributed by atoms with Crippen LogP contribution in [0.15, 0.2) is 62.6 Å². The van der Waals surface area contributed by atoms with Gasteiger partial charge in [0.25, 0.3) is 5.91 Å². The van der Waals surface area contributed by atoms with E-state index in [1.807, 2.05) is 29.6 Å². The molecule has 0 aliphatic carbocycles. The maximum atomic E-state index is 12.7. The maximum Gasteiger partial charge on any atom is 0.253 e. The van der Waals surface area contributed by atoms with Gasteiger partial charge in [-0.25, -0.2) is 13.1 Å². The summed E-state index contributed by atoms with van der Waals surface area (Å²) in [4.78, 5) is 16.3. The normalized spacial score (nSPS) is 11.5. The van der Waals surface area contributed by atoms with Crippen molar-refractivity contribution in [3.05, 3.63) is 73.0 Å². The number of carbonyl (C=O) groups excluding carboxylic acids is 1. The average molecular weight is 485 g/mol. The number of benzene rings is 1. The summed E-state index contributed by atoms with van der Waals surface area (Å²) in [6.45, 7) is 0.689. The first-order chi connectivity index (χ1) is 12.8. The van der Waals surface area contributed by atoms with Gasteiger partial charge in [-0.15, -0.1) is 22.7 Å². The molecule has 142 valence electrons. The highest BCUT2D eigenvalue weighted by Crippen LogP contribution is 2.23. The minimum atomic E-state index is -3.69. The fourth-order valence-electron chi connectivity index (χ4n) is 2.42. The Kier molecular flexibility index (Phi) is 6.48. The van der Waals surface area contributed by atoms with E-state index in [-0.39, 0.29) is 17.3 Å². The summed E-state index contributed by atoms with van der Waals surface area (Å²) in [5.74, 6) is -0.227. The Labute approximate surface area is 174 Å². The standard InChI is InChI=1S/C18H17BrN2O3S3/c1-21(12-15-7-8-17(19)26-15)18(22)13-4-2-6-16(10-13)27(23,24)20-11-14-5-3-9-25-14/h2-10,20H,11-12H2,1H3. The minimum absolute atomic E-state index is 0.0807.